The second-order valence-corrected chi connectivity index (χ2v) is 5.53. The molecule has 2 rings (SSSR count). The maximum Gasteiger partial charge on any atom is 0.135 e. The van der Waals surface area contributed by atoms with E-state index in [0.717, 1.165) is 34.8 Å². The minimum Gasteiger partial charge on any atom is -0.370 e. The fourth-order valence-corrected chi connectivity index (χ4v) is 2.06. The van der Waals surface area contributed by atoms with Gasteiger partial charge in [0.25, 0.3) is 0 Å². The first kappa shape index (κ1) is 14.7. The fourth-order valence-electron chi connectivity index (χ4n) is 1.66. The maximum absolute atomic E-state index is 5.71. The number of nitrogens with two attached hydrogens (primary N) is 1. The van der Waals surface area contributed by atoms with Crippen LogP contribution in [0.2, 0.25) is 0 Å². The van der Waals surface area contributed by atoms with Crippen molar-refractivity contribution in [3.05, 3.63) is 41.1 Å². The van der Waals surface area contributed by atoms with Crippen molar-refractivity contribution in [2.75, 3.05) is 17.2 Å². The molecule has 0 bridgehead atoms. The first-order valence-corrected chi connectivity index (χ1v) is 7.27. The summed E-state index contributed by atoms with van der Waals surface area (Å²) in [5, 5.41) is 6.47. The minimum atomic E-state index is 0.184. The largest absolute Gasteiger partial charge is 0.370 e. The zero-order chi connectivity index (χ0) is 14.4. The Morgan fingerprint density at radius 3 is 2.80 bits per heavy atom. The van der Waals surface area contributed by atoms with Crippen molar-refractivity contribution in [3.63, 3.8) is 0 Å². The Kier molecular flexibility index (Phi) is 5.31. The van der Waals surface area contributed by atoms with Crippen LogP contribution in [0.25, 0.3) is 0 Å². The monoisotopic (exact) mass is 335 g/mol. The predicted octanol–water partition coefficient (Wildman–Crippen LogP) is 3.13. The van der Waals surface area contributed by atoms with E-state index in [1.165, 1.54) is 6.33 Å². The van der Waals surface area contributed by atoms with Gasteiger partial charge in [0, 0.05) is 28.8 Å². The van der Waals surface area contributed by atoms with E-state index in [-0.39, 0.29) is 6.04 Å². The first-order valence-electron chi connectivity index (χ1n) is 6.47. The van der Waals surface area contributed by atoms with Crippen LogP contribution >= 0.6 is 15.9 Å². The molecule has 1 aromatic heterocycles. The molecule has 0 amide bonds. The highest BCUT2D eigenvalue weighted by Crippen LogP contribution is 2.20. The molecule has 1 unspecified atom stereocenters. The van der Waals surface area contributed by atoms with Crippen molar-refractivity contribution in [2.45, 2.75) is 19.4 Å². The summed E-state index contributed by atoms with van der Waals surface area (Å²) in [5.74, 6) is 1.54. The molecule has 0 spiro atoms. The van der Waals surface area contributed by atoms with Crippen LogP contribution in [0, 0.1) is 0 Å². The Labute approximate surface area is 127 Å². The van der Waals surface area contributed by atoms with Crippen LogP contribution in [0.5, 0.6) is 0 Å². The number of benzene rings is 1. The third-order valence-corrected chi connectivity index (χ3v) is 3.16. The molecule has 4 N–H and O–H groups in total. The second kappa shape index (κ2) is 7.21. The summed E-state index contributed by atoms with van der Waals surface area (Å²) in [6, 6.07) is 9.98. The van der Waals surface area contributed by atoms with Gasteiger partial charge in [-0.3, -0.25) is 0 Å². The summed E-state index contributed by atoms with van der Waals surface area (Å²) in [7, 11) is 0. The summed E-state index contributed by atoms with van der Waals surface area (Å²) >= 11 is 3.44. The third kappa shape index (κ3) is 4.79. The Bertz CT molecular complexity index is 559. The van der Waals surface area contributed by atoms with Crippen molar-refractivity contribution in [2.24, 2.45) is 5.73 Å². The minimum absolute atomic E-state index is 0.184. The van der Waals surface area contributed by atoms with Crippen LogP contribution in [-0.4, -0.2) is 22.6 Å². The van der Waals surface area contributed by atoms with Gasteiger partial charge >= 0.3 is 0 Å². The number of nitrogens with one attached hydrogen (secondary N) is 2. The van der Waals surface area contributed by atoms with E-state index in [1.807, 2.05) is 37.3 Å². The van der Waals surface area contributed by atoms with Gasteiger partial charge in [-0.2, -0.15) is 0 Å². The topological polar surface area (TPSA) is 75.9 Å². The normalized spacial score (nSPS) is 11.9. The molecule has 0 radical (unpaired) electrons. The number of hydrogen-bond donors (Lipinski definition) is 3. The van der Waals surface area contributed by atoms with E-state index < -0.39 is 0 Å². The second-order valence-electron chi connectivity index (χ2n) is 4.62. The van der Waals surface area contributed by atoms with Crippen molar-refractivity contribution in [1.82, 2.24) is 9.97 Å². The Hall–Kier alpha value is -1.66. The van der Waals surface area contributed by atoms with Gasteiger partial charge in [0.1, 0.15) is 18.0 Å². The first-order chi connectivity index (χ1) is 9.63. The lowest BCUT2D eigenvalue weighted by Crippen LogP contribution is -2.19. The molecule has 0 aliphatic heterocycles. The van der Waals surface area contributed by atoms with Gasteiger partial charge in [0.15, 0.2) is 0 Å². The zero-order valence-corrected chi connectivity index (χ0v) is 12.9. The molecule has 20 heavy (non-hydrogen) atoms. The lowest BCUT2D eigenvalue weighted by molar-refractivity contribution is 0.689. The van der Waals surface area contributed by atoms with Crippen molar-refractivity contribution in [1.29, 1.82) is 0 Å². The van der Waals surface area contributed by atoms with Gasteiger partial charge in [-0.05, 0) is 31.5 Å². The Morgan fingerprint density at radius 2 is 2.05 bits per heavy atom. The summed E-state index contributed by atoms with van der Waals surface area (Å²) < 4.78 is 1.02. The SMILES string of the molecule is CC(N)CCNc1cc(Nc2cccc(Br)c2)ncn1. The molecule has 0 saturated carbocycles. The molecule has 106 valence electrons. The number of halogens is 1. The fraction of sp³-hybridized carbons (Fsp3) is 0.286. The number of nitrogens with zero attached hydrogens (tertiary/aromatic N) is 2. The third-order valence-electron chi connectivity index (χ3n) is 2.67. The standard InChI is InChI=1S/C14H18BrN5/c1-10(16)5-6-17-13-8-14(19-9-18-13)20-12-4-2-3-11(15)7-12/h2-4,7-10H,5-6,16H2,1H3,(H2,17,18,19,20). The van der Waals surface area contributed by atoms with E-state index in [1.54, 1.807) is 0 Å². The number of hydrogen-bond acceptors (Lipinski definition) is 5. The molecule has 0 fully saturated rings. The quantitative estimate of drug-likeness (QED) is 0.756. The zero-order valence-electron chi connectivity index (χ0n) is 11.3. The maximum atomic E-state index is 5.71. The smallest absolute Gasteiger partial charge is 0.135 e. The molecule has 6 heteroatoms. The highest BCUT2D eigenvalue weighted by atomic mass is 79.9. The highest BCUT2D eigenvalue weighted by molar-refractivity contribution is 9.10. The Morgan fingerprint density at radius 1 is 1.25 bits per heavy atom. The summed E-state index contributed by atoms with van der Waals surface area (Å²) in [6.07, 6.45) is 2.44. The average Bonchev–Trinajstić information content (AvgIpc) is 2.39. The number of aromatic nitrogens is 2. The number of anilines is 3. The van der Waals surface area contributed by atoms with Gasteiger partial charge in [0.05, 0.1) is 0 Å². The number of rotatable bonds is 6. The van der Waals surface area contributed by atoms with Crippen molar-refractivity contribution >= 4 is 33.3 Å². The molecule has 0 aliphatic carbocycles. The van der Waals surface area contributed by atoms with Crippen molar-refractivity contribution in [3.8, 4) is 0 Å². The predicted molar refractivity (Wildman–Crippen MR) is 86.2 cm³/mol. The van der Waals surface area contributed by atoms with E-state index in [9.17, 15) is 0 Å². The van der Waals surface area contributed by atoms with Gasteiger partial charge in [0.2, 0.25) is 0 Å². The van der Waals surface area contributed by atoms with Crippen LogP contribution in [0.1, 0.15) is 13.3 Å². The molecular weight excluding hydrogens is 318 g/mol. The van der Waals surface area contributed by atoms with E-state index in [4.69, 9.17) is 5.73 Å². The van der Waals surface area contributed by atoms with Gasteiger partial charge in [-0.15, -0.1) is 0 Å². The molecule has 1 atom stereocenters. The molecule has 0 saturated heterocycles. The molecule has 1 heterocycles. The summed E-state index contributed by atoms with van der Waals surface area (Å²) in [5.41, 5.74) is 6.69. The van der Waals surface area contributed by atoms with Gasteiger partial charge < -0.3 is 16.4 Å². The summed E-state index contributed by atoms with van der Waals surface area (Å²) in [4.78, 5) is 8.39. The van der Waals surface area contributed by atoms with Crippen LogP contribution in [0.4, 0.5) is 17.3 Å². The Balaban J connectivity index is 1.99. The van der Waals surface area contributed by atoms with E-state index >= 15 is 0 Å². The van der Waals surface area contributed by atoms with Gasteiger partial charge in [-0.1, -0.05) is 22.0 Å². The van der Waals surface area contributed by atoms with Crippen LogP contribution in [-0.2, 0) is 0 Å². The van der Waals surface area contributed by atoms with Crippen molar-refractivity contribution < 1.29 is 0 Å². The molecule has 5 nitrogen and oxygen atoms in total. The molecular formula is C14H18BrN5. The van der Waals surface area contributed by atoms with E-state index in [0.29, 0.717) is 0 Å². The van der Waals surface area contributed by atoms with Crippen LogP contribution < -0.4 is 16.4 Å². The molecule has 0 aliphatic rings. The lowest BCUT2D eigenvalue weighted by Gasteiger charge is -2.10. The van der Waals surface area contributed by atoms with Gasteiger partial charge in [-0.25, -0.2) is 9.97 Å². The summed E-state index contributed by atoms with van der Waals surface area (Å²) in [6.45, 7) is 2.78. The van der Waals surface area contributed by atoms with Crippen LogP contribution in [0.15, 0.2) is 41.1 Å². The lowest BCUT2D eigenvalue weighted by atomic mass is 10.2. The highest BCUT2D eigenvalue weighted by Gasteiger charge is 2.01. The van der Waals surface area contributed by atoms with E-state index in [2.05, 4.69) is 36.5 Å². The molecule has 2 aromatic rings. The van der Waals surface area contributed by atoms with Crippen LogP contribution in [0.3, 0.4) is 0 Å². The average molecular weight is 336 g/mol. The molecule has 1 aromatic carbocycles.